The average molecular weight is 178 g/mol. The van der Waals surface area contributed by atoms with E-state index in [1.165, 1.54) is 6.07 Å². The highest BCUT2D eigenvalue weighted by Crippen LogP contribution is 2.04. The molecule has 0 aliphatic heterocycles. The highest BCUT2D eigenvalue weighted by atomic mass is 16.4. The van der Waals surface area contributed by atoms with Gasteiger partial charge >= 0.3 is 0 Å². The fourth-order valence-electron chi connectivity index (χ4n) is 1.07. The van der Waals surface area contributed by atoms with Crippen molar-refractivity contribution < 1.29 is 9.90 Å². The van der Waals surface area contributed by atoms with Gasteiger partial charge in [0.05, 0.1) is 11.7 Å². The standard InChI is InChI=1S/C10H13NO2/c1-2-3-4-8-5-6-9(10(12)13)11-7-8/h5-7H,2-4H2,1H3,(H,12,13)/p-1. The third-order valence-electron chi connectivity index (χ3n) is 1.85. The average Bonchev–Trinajstić information content (AvgIpc) is 2.15. The first-order valence-electron chi connectivity index (χ1n) is 4.40. The minimum absolute atomic E-state index is 0.000230. The molecule has 13 heavy (non-hydrogen) atoms. The van der Waals surface area contributed by atoms with Crippen LogP contribution in [0.15, 0.2) is 18.3 Å². The quantitative estimate of drug-likeness (QED) is 0.684. The Labute approximate surface area is 77.4 Å². The van der Waals surface area contributed by atoms with Gasteiger partial charge in [-0.1, -0.05) is 19.4 Å². The molecule has 0 saturated heterocycles. The van der Waals surface area contributed by atoms with Crippen LogP contribution in [0.4, 0.5) is 0 Å². The number of aromatic carboxylic acids is 1. The minimum atomic E-state index is -1.22. The maximum atomic E-state index is 10.4. The molecule has 1 aromatic rings. The molecule has 0 saturated carbocycles. The van der Waals surface area contributed by atoms with E-state index in [-0.39, 0.29) is 5.69 Å². The topological polar surface area (TPSA) is 53.0 Å². The number of carboxylic acid groups (broad SMARTS) is 1. The number of aromatic nitrogens is 1. The first-order valence-corrected chi connectivity index (χ1v) is 4.40. The zero-order valence-electron chi connectivity index (χ0n) is 7.62. The molecule has 1 aromatic heterocycles. The smallest absolute Gasteiger partial charge is 0.0899 e. The molecule has 0 spiro atoms. The van der Waals surface area contributed by atoms with Crippen LogP contribution in [-0.2, 0) is 6.42 Å². The number of hydrogen-bond acceptors (Lipinski definition) is 3. The molecule has 0 atom stereocenters. The second-order valence-electron chi connectivity index (χ2n) is 2.94. The van der Waals surface area contributed by atoms with Crippen LogP contribution in [0, 0.1) is 0 Å². The van der Waals surface area contributed by atoms with Crippen molar-refractivity contribution in [2.24, 2.45) is 0 Å². The second kappa shape index (κ2) is 4.60. The van der Waals surface area contributed by atoms with Gasteiger partial charge in [-0.25, -0.2) is 0 Å². The number of carbonyl (C=O) groups is 1. The Balaban J connectivity index is 2.64. The number of pyridine rings is 1. The monoisotopic (exact) mass is 178 g/mol. The minimum Gasteiger partial charge on any atom is -0.543 e. The molecular weight excluding hydrogens is 166 g/mol. The summed E-state index contributed by atoms with van der Waals surface area (Å²) in [6.07, 6.45) is 4.78. The van der Waals surface area contributed by atoms with Crippen LogP contribution in [0.25, 0.3) is 0 Å². The molecule has 1 rings (SSSR count). The van der Waals surface area contributed by atoms with E-state index in [2.05, 4.69) is 11.9 Å². The summed E-state index contributed by atoms with van der Waals surface area (Å²) >= 11 is 0. The van der Waals surface area contributed by atoms with Crippen LogP contribution in [0.1, 0.15) is 35.8 Å². The molecule has 0 fully saturated rings. The summed E-state index contributed by atoms with van der Waals surface area (Å²) in [7, 11) is 0. The Bertz CT molecular complexity index is 279. The Morgan fingerprint density at radius 3 is 2.77 bits per heavy atom. The van der Waals surface area contributed by atoms with E-state index in [0.717, 1.165) is 24.8 Å². The highest BCUT2D eigenvalue weighted by molar-refractivity contribution is 5.83. The predicted molar refractivity (Wildman–Crippen MR) is 47.2 cm³/mol. The molecule has 0 unspecified atom stereocenters. The molecule has 0 N–H and O–H groups in total. The zero-order valence-corrected chi connectivity index (χ0v) is 7.62. The fourth-order valence-corrected chi connectivity index (χ4v) is 1.07. The van der Waals surface area contributed by atoms with Gasteiger partial charge in [-0.3, -0.25) is 4.98 Å². The van der Waals surface area contributed by atoms with E-state index in [1.807, 2.05) is 0 Å². The summed E-state index contributed by atoms with van der Waals surface area (Å²) in [5.74, 6) is -1.22. The Morgan fingerprint density at radius 1 is 1.54 bits per heavy atom. The molecule has 0 aliphatic carbocycles. The largest absolute Gasteiger partial charge is 0.543 e. The van der Waals surface area contributed by atoms with Gasteiger partial charge in [-0.2, -0.15) is 0 Å². The lowest BCUT2D eigenvalue weighted by Gasteiger charge is -2.02. The SMILES string of the molecule is CCCCc1ccc(C(=O)[O-])nc1. The third-order valence-corrected chi connectivity index (χ3v) is 1.85. The number of hydrogen-bond donors (Lipinski definition) is 0. The first-order chi connectivity index (χ1) is 6.24. The van der Waals surface area contributed by atoms with Crippen LogP contribution in [0.2, 0.25) is 0 Å². The summed E-state index contributed by atoms with van der Waals surface area (Å²) in [5.41, 5.74) is 1.08. The van der Waals surface area contributed by atoms with E-state index >= 15 is 0 Å². The van der Waals surface area contributed by atoms with Gasteiger partial charge in [0.15, 0.2) is 0 Å². The summed E-state index contributed by atoms with van der Waals surface area (Å²) in [5, 5.41) is 10.4. The summed E-state index contributed by atoms with van der Waals surface area (Å²) in [6.45, 7) is 2.11. The lowest BCUT2D eigenvalue weighted by atomic mass is 10.1. The molecule has 0 radical (unpaired) electrons. The van der Waals surface area contributed by atoms with Crippen molar-refractivity contribution >= 4 is 5.97 Å². The number of nitrogens with zero attached hydrogens (tertiary/aromatic N) is 1. The summed E-state index contributed by atoms with van der Waals surface area (Å²) < 4.78 is 0. The van der Waals surface area contributed by atoms with Gasteiger partial charge < -0.3 is 9.90 Å². The molecule has 0 aliphatic rings. The van der Waals surface area contributed by atoms with Gasteiger partial charge in [0.1, 0.15) is 0 Å². The zero-order chi connectivity index (χ0) is 9.68. The van der Waals surface area contributed by atoms with Crippen molar-refractivity contribution in [1.82, 2.24) is 4.98 Å². The van der Waals surface area contributed by atoms with Crippen LogP contribution in [0.3, 0.4) is 0 Å². The third kappa shape index (κ3) is 2.86. The van der Waals surface area contributed by atoms with Crippen LogP contribution < -0.4 is 5.11 Å². The summed E-state index contributed by atoms with van der Waals surface area (Å²) in [6, 6.07) is 3.27. The van der Waals surface area contributed by atoms with Gasteiger partial charge in [0.2, 0.25) is 0 Å². The van der Waals surface area contributed by atoms with Crippen molar-refractivity contribution in [2.45, 2.75) is 26.2 Å². The Morgan fingerprint density at radius 2 is 2.31 bits per heavy atom. The molecule has 0 aromatic carbocycles. The van der Waals surface area contributed by atoms with Crippen LogP contribution >= 0.6 is 0 Å². The Kier molecular flexibility index (Phi) is 3.43. The van der Waals surface area contributed by atoms with Gasteiger partial charge in [-0.05, 0) is 24.5 Å². The molecule has 3 nitrogen and oxygen atoms in total. The van der Waals surface area contributed by atoms with E-state index < -0.39 is 5.97 Å². The maximum Gasteiger partial charge on any atom is 0.0899 e. The highest BCUT2D eigenvalue weighted by Gasteiger charge is 1.95. The van der Waals surface area contributed by atoms with Crippen molar-refractivity contribution in [1.29, 1.82) is 0 Å². The number of carboxylic acids is 1. The lowest BCUT2D eigenvalue weighted by Crippen LogP contribution is -2.23. The predicted octanol–water partition coefficient (Wildman–Crippen LogP) is 0.788. The van der Waals surface area contributed by atoms with Crippen molar-refractivity contribution in [3.63, 3.8) is 0 Å². The normalized spacial score (nSPS) is 9.92. The number of rotatable bonds is 4. The van der Waals surface area contributed by atoms with Crippen molar-refractivity contribution in [2.75, 3.05) is 0 Å². The molecule has 70 valence electrons. The van der Waals surface area contributed by atoms with Crippen molar-refractivity contribution in [3.8, 4) is 0 Å². The molecule has 1 heterocycles. The van der Waals surface area contributed by atoms with Crippen LogP contribution in [0.5, 0.6) is 0 Å². The Hall–Kier alpha value is -1.38. The maximum absolute atomic E-state index is 10.4. The molecular formula is C10H12NO2-. The number of unbranched alkanes of at least 4 members (excludes halogenated alkanes) is 1. The van der Waals surface area contributed by atoms with Gasteiger partial charge in [0, 0.05) is 6.20 Å². The van der Waals surface area contributed by atoms with E-state index in [4.69, 9.17) is 0 Å². The van der Waals surface area contributed by atoms with Crippen molar-refractivity contribution in [3.05, 3.63) is 29.6 Å². The van der Waals surface area contributed by atoms with Gasteiger partial charge in [-0.15, -0.1) is 0 Å². The second-order valence-corrected chi connectivity index (χ2v) is 2.94. The summed E-state index contributed by atoms with van der Waals surface area (Å²) in [4.78, 5) is 14.1. The van der Waals surface area contributed by atoms with E-state index in [0.29, 0.717) is 0 Å². The molecule has 0 amide bonds. The lowest BCUT2D eigenvalue weighted by molar-refractivity contribution is -0.255. The number of aryl methyl sites for hydroxylation is 1. The van der Waals surface area contributed by atoms with Crippen LogP contribution in [-0.4, -0.2) is 11.0 Å². The van der Waals surface area contributed by atoms with Gasteiger partial charge in [0.25, 0.3) is 0 Å². The first kappa shape index (κ1) is 9.71. The van der Waals surface area contributed by atoms with E-state index in [1.54, 1.807) is 12.3 Å². The fraction of sp³-hybridized carbons (Fsp3) is 0.400. The number of carbonyl (C=O) groups excluding carboxylic acids is 1. The van der Waals surface area contributed by atoms with E-state index in [9.17, 15) is 9.90 Å². The molecule has 3 heteroatoms. The molecule has 0 bridgehead atoms.